The molecule has 1 aliphatic rings. The minimum absolute atomic E-state index is 0.0622. The van der Waals surface area contributed by atoms with Gasteiger partial charge in [0.15, 0.2) is 0 Å². The first-order valence-corrected chi connectivity index (χ1v) is 9.00. The van der Waals surface area contributed by atoms with E-state index in [0.29, 0.717) is 0 Å². The van der Waals surface area contributed by atoms with E-state index in [-0.39, 0.29) is 11.5 Å². The summed E-state index contributed by atoms with van der Waals surface area (Å²) in [6.45, 7) is -0.599. The van der Waals surface area contributed by atoms with Crippen LogP contribution in [-0.4, -0.2) is 61.3 Å². The van der Waals surface area contributed by atoms with Crippen molar-refractivity contribution in [2.45, 2.75) is 29.2 Å². The summed E-state index contributed by atoms with van der Waals surface area (Å²) < 4.78 is 32.6. The number of nitrogens with one attached hydrogen (secondary N) is 1. The van der Waals surface area contributed by atoms with Crippen molar-refractivity contribution >= 4 is 20.8 Å². The number of fused-ring (bicyclic) bond motifs is 1. The van der Waals surface area contributed by atoms with Crippen LogP contribution in [0, 0.1) is 0 Å². The van der Waals surface area contributed by atoms with Crippen LogP contribution in [-0.2, 0) is 14.8 Å². The summed E-state index contributed by atoms with van der Waals surface area (Å²) in [5, 5.41) is 30.6. The van der Waals surface area contributed by atoms with Crippen molar-refractivity contribution in [3.63, 3.8) is 0 Å². The van der Waals surface area contributed by atoms with Crippen molar-refractivity contribution in [1.82, 2.24) is 4.72 Å². The molecule has 0 radical (unpaired) electrons. The maximum atomic E-state index is 12.5. The molecule has 0 amide bonds. The zero-order chi connectivity index (χ0) is 17.3. The molecule has 1 heterocycles. The second kappa shape index (κ2) is 6.75. The Labute approximate surface area is 139 Å². The molecule has 0 spiro atoms. The van der Waals surface area contributed by atoms with Gasteiger partial charge in [0, 0.05) is 0 Å². The highest BCUT2D eigenvalue weighted by atomic mass is 32.2. The van der Waals surface area contributed by atoms with E-state index in [2.05, 4.69) is 4.72 Å². The number of hydrogen-bond acceptors (Lipinski definition) is 6. The van der Waals surface area contributed by atoms with Crippen LogP contribution in [0.5, 0.6) is 0 Å². The van der Waals surface area contributed by atoms with Crippen LogP contribution >= 0.6 is 0 Å². The molecule has 0 aromatic heterocycles. The van der Waals surface area contributed by atoms with E-state index in [1.54, 1.807) is 12.1 Å². The molecular weight excluding hydrogens is 334 g/mol. The highest BCUT2D eigenvalue weighted by Crippen LogP contribution is 2.21. The van der Waals surface area contributed by atoms with E-state index in [0.717, 1.165) is 10.8 Å². The van der Waals surface area contributed by atoms with Crippen molar-refractivity contribution in [1.29, 1.82) is 0 Å². The Hall–Kier alpha value is -1.55. The number of aliphatic hydroxyl groups excluding tert-OH is 3. The predicted octanol–water partition coefficient (Wildman–Crippen LogP) is -0.400. The molecule has 4 unspecified atom stereocenters. The SMILES string of the molecule is O=S(=O)(NC1COC(CO)C(O)C1O)c1ccc2ccccc2c1. The fourth-order valence-corrected chi connectivity index (χ4v) is 4.02. The molecule has 0 saturated carbocycles. The van der Waals surface area contributed by atoms with Crippen LogP contribution in [0.4, 0.5) is 0 Å². The lowest BCUT2D eigenvalue weighted by Gasteiger charge is -2.36. The van der Waals surface area contributed by atoms with Gasteiger partial charge in [0.05, 0.1) is 24.2 Å². The molecule has 7 nitrogen and oxygen atoms in total. The summed E-state index contributed by atoms with van der Waals surface area (Å²) >= 11 is 0. The van der Waals surface area contributed by atoms with Gasteiger partial charge in [-0.1, -0.05) is 30.3 Å². The van der Waals surface area contributed by atoms with Gasteiger partial charge in [-0.2, -0.15) is 0 Å². The Morgan fingerprint density at radius 3 is 2.50 bits per heavy atom. The Kier molecular flexibility index (Phi) is 4.86. The monoisotopic (exact) mass is 353 g/mol. The number of rotatable bonds is 4. The second-order valence-corrected chi connectivity index (χ2v) is 7.49. The molecule has 1 aliphatic heterocycles. The van der Waals surface area contributed by atoms with E-state index in [9.17, 15) is 18.6 Å². The first-order chi connectivity index (χ1) is 11.4. The maximum absolute atomic E-state index is 12.5. The summed E-state index contributed by atoms with van der Waals surface area (Å²) in [6, 6.07) is 11.1. The first-order valence-electron chi connectivity index (χ1n) is 7.52. The van der Waals surface area contributed by atoms with Crippen molar-refractivity contribution in [2.75, 3.05) is 13.2 Å². The highest BCUT2D eigenvalue weighted by molar-refractivity contribution is 7.89. The number of hydrogen-bond donors (Lipinski definition) is 4. The van der Waals surface area contributed by atoms with E-state index in [4.69, 9.17) is 9.84 Å². The standard InChI is InChI=1S/C16H19NO6S/c18-8-14-16(20)15(19)13(9-23-14)17-24(21,22)12-6-5-10-3-1-2-4-11(10)7-12/h1-7,13-20H,8-9H2. The van der Waals surface area contributed by atoms with Crippen LogP contribution in [0.15, 0.2) is 47.4 Å². The van der Waals surface area contributed by atoms with E-state index in [1.807, 2.05) is 24.3 Å². The van der Waals surface area contributed by atoms with Crippen molar-refractivity contribution in [3.05, 3.63) is 42.5 Å². The predicted molar refractivity (Wildman–Crippen MR) is 86.9 cm³/mol. The molecule has 4 atom stereocenters. The van der Waals surface area contributed by atoms with E-state index in [1.165, 1.54) is 6.07 Å². The van der Waals surface area contributed by atoms with Crippen molar-refractivity contribution in [3.8, 4) is 0 Å². The minimum atomic E-state index is -3.90. The molecule has 130 valence electrons. The Morgan fingerprint density at radius 2 is 1.79 bits per heavy atom. The van der Waals surface area contributed by atoms with Gasteiger partial charge in [-0.05, 0) is 22.9 Å². The van der Waals surface area contributed by atoms with Crippen molar-refractivity contribution in [2.24, 2.45) is 0 Å². The third kappa shape index (κ3) is 3.30. The average Bonchev–Trinajstić information content (AvgIpc) is 2.58. The van der Waals surface area contributed by atoms with Gasteiger partial charge in [-0.3, -0.25) is 0 Å². The lowest BCUT2D eigenvalue weighted by Crippen LogP contribution is -2.59. The Bertz CT molecular complexity index is 824. The quantitative estimate of drug-likeness (QED) is 0.594. The molecular formula is C16H19NO6S. The smallest absolute Gasteiger partial charge is 0.241 e. The summed E-state index contributed by atoms with van der Waals surface area (Å²) in [7, 11) is -3.90. The second-order valence-electron chi connectivity index (χ2n) is 5.77. The fourth-order valence-electron chi connectivity index (χ4n) is 2.75. The Morgan fingerprint density at radius 1 is 1.08 bits per heavy atom. The van der Waals surface area contributed by atoms with E-state index < -0.39 is 41.0 Å². The molecule has 2 aromatic carbocycles. The van der Waals surface area contributed by atoms with Gasteiger partial charge in [0.2, 0.25) is 10.0 Å². The van der Waals surface area contributed by atoms with Crippen LogP contribution in [0.2, 0.25) is 0 Å². The molecule has 0 bridgehead atoms. The molecule has 0 aliphatic carbocycles. The van der Waals surface area contributed by atoms with Gasteiger partial charge in [0.1, 0.15) is 18.3 Å². The third-order valence-corrected chi connectivity index (χ3v) is 5.64. The zero-order valence-corrected chi connectivity index (χ0v) is 13.6. The number of sulfonamides is 1. The normalized spacial score (nSPS) is 28.1. The molecule has 1 saturated heterocycles. The number of aliphatic hydroxyl groups is 3. The lowest BCUT2D eigenvalue weighted by atomic mass is 9.99. The molecule has 1 fully saturated rings. The van der Waals surface area contributed by atoms with Crippen LogP contribution < -0.4 is 4.72 Å². The van der Waals surface area contributed by atoms with Crippen LogP contribution in [0.25, 0.3) is 10.8 Å². The molecule has 3 rings (SSSR count). The summed E-state index contributed by atoms with van der Waals surface area (Å²) in [5.74, 6) is 0. The van der Waals surface area contributed by atoms with E-state index >= 15 is 0 Å². The number of ether oxygens (including phenoxy) is 1. The van der Waals surface area contributed by atoms with Crippen LogP contribution in [0.3, 0.4) is 0 Å². The van der Waals surface area contributed by atoms with Gasteiger partial charge in [-0.25, -0.2) is 13.1 Å². The van der Waals surface area contributed by atoms with Crippen molar-refractivity contribution < 1.29 is 28.5 Å². The van der Waals surface area contributed by atoms with Crippen LogP contribution in [0.1, 0.15) is 0 Å². The zero-order valence-electron chi connectivity index (χ0n) is 12.7. The fraction of sp³-hybridized carbons (Fsp3) is 0.375. The highest BCUT2D eigenvalue weighted by Gasteiger charge is 2.39. The molecule has 8 heteroatoms. The summed E-state index contributed by atoms with van der Waals surface area (Å²) in [4.78, 5) is 0.0622. The third-order valence-electron chi connectivity index (χ3n) is 4.15. The average molecular weight is 353 g/mol. The summed E-state index contributed by atoms with van der Waals surface area (Å²) in [5.41, 5.74) is 0. The molecule has 2 aromatic rings. The first kappa shape index (κ1) is 17.3. The van der Waals surface area contributed by atoms with Gasteiger partial charge in [0.25, 0.3) is 0 Å². The molecule has 24 heavy (non-hydrogen) atoms. The number of benzene rings is 2. The van der Waals surface area contributed by atoms with Gasteiger partial charge < -0.3 is 20.1 Å². The lowest BCUT2D eigenvalue weighted by molar-refractivity contribution is -0.158. The largest absolute Gasteiger partial charge is 0.394 e. The molecule has 4 N–H and O–H groups in total. The topological polar surface area (TPSA) is 116 Å². The van der Waals surface area contributed by atoms with Gasteiger partial charge in [-0.15, -0.1) is 0 Å². The Balaban J connectivity index is 1.82. The summed E-state index contributed by atoms with van der Waals surface area (Å²) in [6.07, 6.45) is -3.67. The van der Waals surface area contributed by atoms with Gasteiger partial charge >= 0.3 is 0 Å². The minimum Gasteiger partial charge on any atom is -0.394 e. The maximum Gasteiger partial charge on any atom is 0.241 e.